The molecule has 2 aliphatic rings. The van der Waals surface area contributed by atoms with Gasteiger partial charge in [0.1, 0.15) is 6.10 Å². The quantitative estimate of drug-likeness (QED) is 0.898. The topological polar surface area (TPSA) is 41.6 Å². The third kappa shape index (κ3) is 5.08. The molecule has 0 bridgehead atoms. The zero-order chi connectivity index (χ0) is 15.4. The molecule has 0 aliphatic carbocycles. The summed E-state index contributed by atoms with van der Waals surface area (Å²) in [5.41, 5.74) is 1.08. The minimum Gasteiger partial charge on any atom is -0.370 e. The average molecular weight is 359 g/mol. The molecule has 1 aromatic carbocycles. The molecule has 128 valence electrons. The standard InChI is InChI=1S/C17H23ClN2O2.ClH/c18-14-5-3-13(4-6-14)16-12-20(10-11-22-16)17(21)8-7-15-2-1-9-19-15;/h3-6,15-16,19H,1-2,7-12H2;1H. The molecule has 4 nitrogen and oxygen atoms in total. The number of morpholine rings is 1. The molecule has 0 spiro atoms. The van der Waals surface area contributed by atoms with Crippen LogP contribution >= 0.6 is 24.0 Å². The lowest BCUT2D eigenvalue weighted by atomic mass is 10.1. The predicted octanol–water partition coefficient (Wildman–Crippen LogP) is 3.19. The molecule has 1 aromatic rings. The Morgan fingerprint density at radius 1 is 1.35 bits per heavy atom. The van der Waals surface area contributed by atoms with Crippen LogP contribution in [0.25, 0.3) is 0 Å². The molecule has 1 N–H and O–H groups in total. The molecule has 2 unspecified atom stereocenters. The number of carbonyl (C=O) groups is 1. The second-order valence-electron chi connectivity index (χ2n) is 6.08. The lowest BCUT2D eigenvalue weighted by Gasteiger charge is -2.33. The molecule has 2 heterocycles. The first kappa shape index (κ1) is 18.5. The maximum atomic E-state index is 12.4. The Hall–Kier alpha value is -0.810. The second-order valence-corrected chi connectivity index (χ2v) is 6.52. The number of hydrogen-bond donors (Lipinski definition) is 1. The summed E-state index contributed by atoms with van der Waals surface area (Å²) in [5.74, 6) is 0.246. The van der Waals surface area contributed by atoms with E-state index in [1.807, 2.05) is 29.2 Å². The van der Waals surface area contributed by atoms with Crippen LogP contribution in [0.2, 0.25) is 5.02 Å². The van der Waals surface area contributed by atoms with Crippen LogP contribution in [0.1, 0.15) is 37.4 Å². The van der Waals surface area contributed by atoms with Crippen molar-refractivity contribution in [1.29, 1.82) is 0 Å². The fourth-order valence-electron chi connectivity index (χ4n) is 3.21. The SMILES string of the molecule is Cl.O=C(CCC1CCCN1)N1CCOC(c2ccc(Cl)cc2)C1. The van der Waals surface area contributed by atoms with Crippen molar-refractivity contribution in [3.63, 3.8) is 0 Å². The first-order chi connectivity index (χ1) is 10.7. The highest BCUT2D eigenvalue weighted by Gasteiger charge is 2.26. The molecule has 0 aromatic heterocycles. The summed E-state index contributed by atoms with van der Waals surface area (Å²) in [6.45, 7) is 3.02. The Morgan fingerprint density at radius 3 is 2.83 bits per heavy atom. The maximum absolute atomic E-state index is 12.4. The van der Waals surface area contributed by atoms with E-state index in [1.54, 1.807) is 0 Å². The van der Waals surface area contributed by atoms with E-state index in [-0.39, 0.29) is 24.4 Å². The number of amides is 1. The monoisotopic (exact) mass is 358 g/mol. The zero-order valence-electron chi connectivity index (χ0n) is 13.2. The van der Waals surface area contributed by atoms with Crippen LogP contribution in [0.3, 0.4) is 0 Å². The number of halogens is 2. The van der Waals surface area contributed by atoms with Gasteiger partial charge in [-0.2, -0.15) is 0 Å². The van der Waals surface area contributed by atoms with Crippen molar-refractivity contribution in [3.05, 3.63) is 34.9 Å². The molecular formula is C17H24Cl2N2O2. The van der Waals surface area contributed by atoms with E-state index >= 15 is 0 Å². The molecule has 2 fully saturated rings. The predicted molar refractivity (Wildman–Crippen MR) is 94.2 cm³/mol. The van der Waals surface area contributed by atoms with Crippen LogP contribution in [0.4, 0.5) is 0 Å². The fraction of sp³-hybridized carbons (Fsp3) is 0.588. The van der Waals surface area contributed by atoms with Crippen molar-refractivity contribution in [2.75, 3.05) is 26.2 Å². The van der Waals surface area contributed by atoms with Gasteiger partial charge in [0.05, 0.1) is 13.2 Å². The molecular weight excluding hydrogens is 335 g/mol. The van der Waals surface area contributed by atoms with Gasteiger partial charge in [0, 0.05) is 24.0 Å². The fourth-order valence-corrected chi connectivity index (χ4v) is 3.34. The van der Waals surface area contributed by atoms with Crippen molar-refractivity contribution >= 4 is 29.9 Å². The van der Waals surface area contributed by atoms with Crippen LogP contribution < -0.4 is 5.32 Å². The molecule has 23 heavy (non-hydrogen) atoms. The van der Waals surface area contributed by atoms with E-state index in [1.165, 1.54) is 12.8 Å². The first-order valence-corrected chi connectivity index (χ1v) is 8.48. The molecule has 3 rings (SSSR count). The molecule has 0 radical (unpaired) electrons. The van der Waals surface area contributed by atoms with E-state index in [4.69, 9.17) is 16.3 Å². The van der Waals surface area contributed by atoms with E-state index < -0.39 is 0 Å². The Morgan fingerprint density at radius 2 is 2.13 bits per heavy atom. The number of carbonyl (C=O) groups excluding carboxylic acids is 1. The second kappa shape index (κ2) is 8.88. The number of benzene rings is 1. The minimum atomic E-state index is -0.0421. The van der Waals surface area contributed by atoms with Crippen LogP contribution in [-0.2, 0) is 9.53 Å². The number of ether oxygens (including phenoxy) is 1. The van der Waals surface area contributed by atoms with E-state index in [0.29, 0.717) is 32.2 Å². The van der Waals surface area contributed by atoms with Gasteiger partial charge in [-0.1, -0.05) is 23.7 Å². The van der Waals surface area contributed by atoms with Crippen LogP contribution in [0, 0.1) is 0 Å². The van der Waals surface area contributed by atoms with Crippen molar-refractivity contribution in [1.82, 2.24) is 10.2 Å². The Bertz CT molecular complexity index is 504. The molecule has 1 amide bonds. The largest absolute Gasteiger partial charge is 0.370 e. The summed E-state index contributed by atoms with van der Waals surface area (Å²) in [7, 11) is 0. The smallest absolute Gasteiger partial charge is 0.222 e. The van der Waals surface area contributed by atoms with Crippen LogP contribution in [0.5, 0.6) is 0 Å². The molecule has 6 heteroatoms. The van der Waals surface area contributed by atoms with Crippen molar-refractivity contribution in [2.45, 2.75) is 37.8 Å². The molecule has 2 saturated heterocycles. The summed E-state index contributed by atoms with van der Waals surface area (Å²) in [5, 5.41) is 4.17. The van der Waals surface area contributed by atoms with Crippen molar-refractivity contribution < 1.29 is 9.53 Å². The Labute approximate surface area is 148 Å². The highest BCUT2D eigenvalue weighted by atomic mass is 35.5. The first-order valence-electron chi connectivity index (χ1n) is 8.10. The van der Waals surface area contributed by atoms with Gasteiger partial charge in [0.15, 0.2) is 0 Å². The summed E-state index contributed by atoms with van der Waals surface area (Å²) in [6.07, 6.45) is 3.96. The van der Waals surface area contributed by atoms with E-state index in [2.05, 4.69) is 5.32 Å². The third-order valence-electron chi connectivity index (χ3n) is 4.53. The Balaban J connectivity index is 0.00000192. The summed E-state index contributed by atoms with van der Waals surface area (Å²) in [4.78, 5) is 14.3. The maximum Gasteiger partial charge on any atom is 0.222 e. The van der Waals surface area contributed by atoms with E-state index in [9.17, 15) is 4.79 Å². The summed E-state index contributed by atoms with van der Waals surface area (Å²) < 4.78 is 5.81. The van der Waals surface area contributed by atoms with E-state index in [0.717, 1.165) is 23.6 Å². The minimum absolute atomic E-state index is 0. The highest BCUT2D eigenvalue weighted by Crippen LogP contribution is 2.24. The number of hydrogen-bond acceptors (Lipinski definition) is 3. The summed E-state index contributed by atoms with van der Waals surface area (Å²) >= 11 is 5.92. The van der Waals surface area contributed by atoms with Gasteiger partial charge in [-0.25, -0.2) is 0 Å². The van der Waals surface area contributed by atoms with Crippen LogP contribution in [0.15, 0.2) is 24.3 Å². The van der Waals surface area contributed by atoms with Crippen molar-refractivity contribution in [2.24, 2.45) is 0 Å². The van der Waals surface area contributed by atoms with Gasteiger partial charge in [-0.05, 0) is 43.5 Å². The third-order valence-corrected chi connectivity index (χ3v) is 4.78. The number of nitrogens with one attached hydrogen (secondary N) is 1. The summed E-state index contributed by atoms with van der Waals surface area (Å²) in [6, 6.07) is 8.21. The van der Waals surface area contributed by atoms with Crippen LogP contribution in [-0.4, -0.2) is 43.1 Å². The molecule has 2 atom stereocenters. The van der Waals surface area contributed by atoms with Gasteiger partial charge >= 0.3 is 0 Å². The lowest BCUT2D eigenvalue weighted by molar-refractivity contribution is -0.139. The normalized spacial score (nSPS) is 24.3. The Kier molecular flexibility index (Phi) is 7.15. The highest BCUT2D eigenvalue weighted by molar-refractivity contribution is 6.30. The van der Waals surface area contributed by atoms with Gasteiger partial charge in [0.2, 0.25) is 5.91 Å². The average Bonchev–Trinajstić information content (AvgIpc) is 3.07. The number of rotatable bonds is 4. The van der Waals surface area contributed by atoms with Crippen molar-refractivity contribution in [3.8, 4) is 0 Å². The van der Waals surface area contributed by atoms with Gasteiger partial charge in [0.25, 0.3) is 0 Å². The molecule has 2 aliphatic heterocycles. The number of nitrogens with zero attached hydrogens (tertiary/aromatic N) is 1. The van der Waals surface area contributed by atoms with Gasteiger partial charge in [-0.3, -0.25) is 4.79 Å². The lowest BCUT2D eigenvalue weighted by Crippen LogP contribution is -2.42. The zero-order valence-corrected chi connectivity index (χ0v) is 14.7. The van der Waals surface area contributed by atoms with Gasteiger partial charge in [-0.15, -0.1) is 12.4 Å². The van der Waals surface area contributed by atoms with Gasteiger partial charge < -0.3 is 15.0 Å². The molecule has 0 saturated carbocycles.